The van der Waals surface area contributed by atoms with Gasteiger partial charge in [-0.05, 0) is 18.6 Å². The first-order valence-corrected chi connectivity index (χ1v) is 10.5. The number of aliphatic imine (C=N–C) groups is 1. The van der Waals surface area contributed by atoms with Gasteiger partial charge in [0.25, 0.3) is 0 Å². The number of anilines is 1. The first-order chi connectivity index (χ1) is 13.7. The van der Waals surface area contributed by atoms with Crippen LogP contribution in [0.1, 0.15) is 16.8 Å². The van der Waals surface area contributed by atoms with Crippen LogP contribution in [0.3, 0.4) is 0 Å². The first-order valence-electron chi connectivity index (χ1n) is 9.65. The van der Waals surface area contributed by atoms with Gasteiger partial charge in [-0.25, -0.2) is 4.98 Å². The van der Waals surface area contributed by atoms with Crippen LogP contribution in [0.5, 0.6) is 0 Å². The number of guanidine groups is 1. The fourth-order valence-electron chi connectivity index (χ4n) is 3.10. The third-order valence-electron chi connectivity index (χ3n) is 4.74. The molecule has 2 aromatic rings. The number of aryl methyl sites for hydroxylation is 1. The van der Waals surface area contributed by atoms with Crippen molar-refractivity contribution in [2.24, 2.45) is 4.99 Å². The predicted molar refractivity (Wildman–Crippen MR) is 130 cm³/mol. The highest BCUT2D eigenvalue weighted by Gasteiger charge is 2.21. The highest BCUT2D eigenvalue weighted by Crippen LogP contribution is 2.15. The molecule has 0 unspecified atom stereocenters. The number of hydrogen-bond acceptors (Lipinski definition) is 5. The van der Waals surface area contributed by atoms with Crippen molar-refractivity contribution in [2.75, 3.05) is 44.7 Å². The van der Waals surface area contributed by atoms with Crippen LogP contribution in [0.15, 0.2) is 41.5 Å². The quantitative estimate of drug-likeness (QED) is 0.342. The summed E-state index contributed by atoms with van der Waals surface area (Å²) in [6, 6.07) is 10.3. The van der Waals surface area contributed by atoms with Crippen LogP contribution in [0, 0.1) is 0 Å². The zero-order valence-corrected chi connectivity index (χ0v) is 20.1. The van der Waals surface area contributed by atoms with Crippen LogP contribution in [0.25, 0.3) is 0 Å². The zero-order chi connectivity index (χ0) is 19.8. The van der Waals surface area contributed by atoms with Crippen LogP contribution < -0.4 is 15.5 Å². The number of rotatable bonds is 6. The third-order valence-corrected chi connectivity index (χ3v) is 5.88. The third kappa shape index (κ3) is 6.84. The molecule has 0 saturated carbocycles. The smallest absolute Gasteiger partial charge is 0.242 e. The van der Waals surface area contributed by atoms with Gasteiger partial charge in [-0.15, -0.1) is 35.3 Å². The van der Waals surface area contributed by atoms with Gasteiger partial charge in [0.1, 0.15) is 5.01 Å². The number of nitrogens with zero attached hydrogens (tertiary/aromatic N) is 4. The van der Waals surface area contributed by atoms with Gasteiger partial charge in [0.15, 0.2) is 5.96 Å². The largest absolute Gasteiger partial charge is 0.368 e. The first kappa shape index (κ1) is 23.4. The molecule has 9 heteroatoms. The molecule has 7 nitrogen and oxygen atoms in total. The van der Waals surface area contributed by atoms with Crippen molar-refractivity contribution in [2.45, 2.75) is 19.9 Å². The summed E-state index contributed by atoms with van der Waals surface area (Å²) in [6.07, 6.45) is 2.91. The maximum absolute atomic E-state index is 12.5. The monoisotopic (exact) mass is 528 g/mol. The standard InChI is InChI=1S/C20H28N6OS.HI/c1-3-17-13-22-18(28-17)14-23-20(21-2)24-15-19(27)26-11-9-25(10-12-26)16-7-5-4-6-8-16;/h4-8,13H,3,9-12,14-15H2,1-2H3,(H2,21,23,24);1H. The Balaban J connectivity index is 0.00000300. The molecule has 3 rings (SSSR count). The van der Waals surface area contributed by atoms with Gasteiger partial charge in [-0.2, -0.15) is 0 Å². The number of para-hydroxylation sites is 1. The Bertz CT molecular complexity index is 789. The Morgan fingerprint density at radius 2 is 1.90 bits per heavy atom. The lowest BCUT2D eigenvalue weighted by atomic mass is 10.2. The Kier molecular flexibility index (Phi) is 9.65. The van der Waals surface area contributed by atoms with E-state index in [0.717, 1.165) is 37.6 Å². The fourth-order valence-corrected chi connectivity index (χ4v) is 3.90. The second kappa shape index (κ2) is 12.0. The van der Waals surface area contributed by atoms with Crippen molar-refractivity contribution in [3.63, 3.8) is 0 Å². The molecule has 29 heavy (non-hydrogen) atoms. The van der Waals surface area contributed by atoms with Gasteiger partial charge in [0.2, 0.25) is 5.91 Å². The molecule has 2 heterocycles. The molecular weight excluding hydrogens is 499 g/mol. The summed E-state index contributed by atoms with van der Waals surface area (Å²) in [5.74, 6) is 0.711. The summed E-state index contributed by atoms with van der Waals surface area (Å²) in [4.78, 5) is 26.6. The molecule has 0 aliphatic carbocycles. The van der Waals surface area contributed by atoms with E-state index in [9.17, 15) is 4.79 Å². The van der Waals surface area contributed by atoms with E-state index in [1.165, 1.54) is 10.6 Å². The van der Waals surface area contributed by atoms with Crippen LogP contribution in [0.4, 0.5) is 5.69 Å². The van der Waals surface area contributed by atoms with Crippen LogP contribution in [0.2, 0.25) is 0 Å². The van der Waals surface area contributed by atoms with Gasteiger partial charge in [0, 0.05) is 50.0 Å². The number of benzene rings is 1. The minimum Gasteiger partial charge on any atom is -0.368 e. The number of carbonyl (C=O) groups excluding carboxylic acids is 1. The maximum atomic E-state index is 12.5. The number of halogens is 1. The Hall–Kier alpha value is -1.88. The van der Waals surface area contributed by atoms with Crippen molar-refractivity contribution in [3.8, 4) is 0 Å². The van der Waals surface area contributed by atoms with E-state index in [1.807, 2.05) is 29.3 Å². The Morgan fingerprint density at radius 3 is 2.52 bits per heavy atom. The lowest BCUT2D eigenvalue weighted by Crippen LogP contribution is -2.52. The Morgan fingerprint density at radius 1 is 1.17 bits per heavy atom. The normalized spacial score (nSPS) is 14.3. The van der Waals surface area contributed by atoms with Gasteiger partial charge >= 0.3 is 0 Å². The zero-order valence-electron chi connectivity index (χ0n) is 16.9. The fraction of sp³-hybridized carbons (Fsp3) is 0.450. The number of piperazine rings is 1. The lowest BCUT2D eigenvalue weighted by molar-refractivity contribution is -0.130. The Labute approximate surface area is 193 Å². The van der Waals surface area contributed by atoms with Gasteiger partial charge < -0.3 is 20.4 Å². The second-order valence-corrected chi connectivity index (χ2v) is 7.76. The average Bonchev–Trinajstić information content (AvgIpc) is 3.22. The molecule has 0 bridgehead atoms. The topological polar surface area (TPSA) is 72.9 Å². The summed E-state index contributed by atoms with van der Waals surface area (Å²) >= 11 is 1.69. The van der Waals surface area contributed by atoms with E-state index < -0.39 is 0 Å². The predicted octanol–water partition coefficient (Wildman–Crippen LogP) is 2.34. The molecule has 1 aliphatic rings. The number of aromatic nitrogens is 1. The number of hydrogen-bond donors (Lipinski definition) is 2. The summed E-state index contributed by atoms with van der Waals surface area (Å²) in [5, 5.41) is 7.35. The summed E-state index contributed by atoms with van der Waals surface area (Å²) in [5.41, 5.74) is 1.21. The molecule has 0 radical (unpaired) electrons. The van der Waals surface area contributed by atoms with E-state index >= 15 is 0 Å². The van der Waals surface area contributed by atoms with E-state index in [1.54, 1.807) is 18.4 Å². The average molecular weight is 528 g/mol. The number of thiazole rings is 1. The molecule has 1 aromatic carbocycles. The maximum Gasteiger partial charge on any atom is 0.242 e. The van der Waals surface area contributed by atoms with Gasteiger partial charge in [-0.3, -0.25) is 9.79 Å². The minimum atomic E-state index is 0. The molecule has 0 spiro atoms. The highest BCUT2D eigenvalue weighted by molar-refractivity contribution is 14.0. The highest BCUT2D eigenvalue weighted by atomic mass is 127. The van der Waals surface area contributed by atoms with Crippen molar-refractivity contribution in [3.05, 3.63) is 46.4 Å². The van der Waals surface area contributed by atoms with E-state index in [2.05, 4.69) is 44.6 Å². The summed E-state index contributed by atoms with van der Waals surface area (Å²) in [6.45, 7) is 6.15. The van der Waals surface area contributed by atoms with E-state index in [4.69, 9.17) is 0 Å². The SMILES string of the molecule is CCc1cnc(CNC(=NC)NCC(=O)N2CCN(c3ccccc3)CC2)s1.I. The van der Waals surface area contributed by atoms with Crippen molar-refractivity contribution in [1.29, 1.82) is 0 Å². The molecule has 1 aromatic heterocycles. The lowest BCUT2D eigenvalue weighted by Gasteiger charge is -2.36. The molecule has 0 atom stereocenters. The number of amides is 1. The molecule has 1 aliphatic heterocycles. The molecule has 1 saturated heterocycles. The minimum absolute atomic E-state index is 0. The van der Waals surface area contributed by atoms with E-state index in [0.29, 0.717) is 12.5 Å². The van der Waals surface area contributed by atoms with Gasteiger partial charge in [-0.1, -0.05) is 25.1 Å². The number of carbonyl (C=O) groups is 1. The van der Waals surface area contributed by atoms with Gasteiger partial charge in [0.05, 0.1) is 13.1 Å². The molecule has 158 valence electrons. The number of nitrogens with one attached hydrogen (secondary N) is 2. The van der Waals surface area contributed by atoms with Crippen LogP contribution in [-0.2, 0) is 17.8 Å². The van der Waals surface area contributed by atoms with Crippen LogP contribution in [-0.4, -0.2) is 61.5 Å². The molecule has 1 amide bonds. The van der Waals surface area contributed by atoms with Crippen molar-refractivity contribution in [1.82, 2.24) is 20.5 Å². The molecule has 2 N–H and O–H groups in total. The molecular formula is C20H29IN6OS. The van der Waals surface area contributed by atoms with Crippen molar-refractivity contribution < 1.29 is 4.79 Å². The summed E-state index contributed by atoms with van der Waals surface area (Å²) in [7, 11) is 1.71. The summed E-state index contributed by atoms with van der Waals surface area (Å²) < 4.78 is 0. The van der Waals surface area contributed by atoms with Crippen LogP contribution >= 0.6 is 35.3 Å². The molecule has 1 fully saturated rings. The second-order valence-electron chi connectivity index (χ2n) is 6.56. The van der Waals surface area contributed by atoms with E-state index in [-0.39, 0.29) is 36.4 Å². The van der Waals surface area contributed by atoms with Crippen molar-refractivity contribution >= 4 is 52.9 Å².